The van der Waals surface area contributed by atoms with E-state index in [2.05, 4.69) is 10.6 Å². The molecule has 2 rings (SSSR count). The molecule has 1 atom stereocenters. The average molecular weight is 412 g/mol. The molecule has 30 heavy (non-hydrogen) atoms. The molecule has 7 heteroatoms. The molecule has 0 spiro atoms. The van der Waals surface area contributed by atoms with Gasteiger partial charge in [-0.1, -0.05) is 26.0 Å². The van der Waals surface area contributed by atoms with Crippen molar-refractivity contribution >= 4 is 23.4 Å². The van der Waals surface area contributed by atoms with Gasteiger partial charge < -0.3 is 20.3 Å². The van der Waals surface area contributed by atoms with Crippen LogP contribution >= 0.6 is 0 Å². The third kappa shape index (κ3) is 5.83. The van der Waals surface area contributed by atoms with E-state index in [1.807, 2.05) is 20.8 Å². The van der Waals surface area contributed by atoms with Crippen LogP contribution in [0.25, 0.3) is 0 Å². The van der Waals surface area contributed by atoms with Crippen molar-refractivity contribution in [2.45, 2.75) is 26.8 Å². The third-order valence-corrected chi connectivity index (χ3v) is 4.47. The maximum atomic E-state index is 12.8. The van der Waals surface area contributed by atoms with Crippen molar-refractivity contribution in [1.82, 2.24) is 10.2 Å². The Morgan fingerprint density at radius 1 is 1.00 bits per heavy atom. The van der Waals surface area contributed by atoms with Gasteiger partial charge in [0.2, 0.25) is 5.91 Å². The lowest BCUT2D eigenvalue weighted by atomic mass is 10.0. The SMILES string of the molecule is CCOc1ccccc1C(=O)N[C@H](C(=O)Nc1ccc(C(=O)N(C)C)cc1)C(C)C. The number of anilines is 1. The van der Waals surface area contributed by atoms with E-state index in [1.165, 1.54) is 4.90 Å². The molecule has 2 aromatic carbocycles. The molecule has 0 bridgehead atoms. The Hall–Kier alpha value is -3.35. The van der Waals surface area contributed by atoms with Crippen LogP contribution in [-0.4, -0.2) is 49.4 Å². The Morgan fingerprint density at radius 2 is 1.63 bits per heavy atom. The minimum absolute atomic E-state index is 0.117. The number of ether oxygens (including phenoxy) is 1. The fourth-order valence-electron chi connectivity index (χ4n) is 2.86. The van der Waals surface area contributed by atoms with Gasteiger partial charge in [0.1, 0.15) is 11.8 Å². The van der Waals surface area contributed by atoms with Crippen LogP contribution in [-0.2, 0) is 4.79 Å². The van der Waals surface area contributed by atoms with Crippen molar-refractivity contribution in [1.29, 1.82) is 0 Å². The van der Waals surface area contributed by atoms with E-state index in [-0.39, 0.29) is 23.6 Å². The van der Waals surface area contributed by atoms with E-state index in [0.717, 1.165) is 0 Å². The monoisotopic (exact) mass is 411 g/mol. The molecule has 2 N–H and O–H groups in total. The molecule has 0 saturated carbocycles. The van der Waals surface area contributed by atoms with Gasteiger partial charge in [-0.15, -0.1) is 0 Å². The summed E-state index contributed by atoms with van der Waals surface area (Å²) in [6.07, 6.45) is 0. The van der Waals surface area contributed by atoms with Gasteiger partial charge in [-0.2, -0.15) is 0 Å². The van der Waals surface area contributed by atoms with Crippen molar-refractivity contribution in [2.24, 2.45) is 5.92 Å². The predicted molar refractivity (Wildman–Crippen MR) is 117 cm³/mol. The van der Waals surface area contributed by atoms with E-state index in [1.54, 1.807) is 62.6 Å². The highest BCUT2D eigenvalue weighted by Gasteiger charge is 2.26. The summed E-state index contributed by atoms with van der Waals surface area (Å²) < 4.78 is 5.51. The first-order valence-corrected chi connectivity index (χ1v) is 9.89. The number of amides is 3. The highest BCUT2D eigenvalue weighted by molar-refractivity contribution is 6.02. The van der Waals surface area contributed by atoms with Gasteiger partial charge in [0.15, 0.2) is 0 Å². The number of hydrogen-bond donors (Lipinski definition) is 2. The molecule has 0 saturated heterocycles. The van der Waals surface area contributed by atoms with Gasteiger partial charge in [0.25, 0.3) is 11.8 Å². The fourth-order valence-corrected chi connectivity index (χ4v) is 2.86. The van der Waals surface area contributed by atoms with Crippen LogP contribution < -0.4 is 15.4 Å². The normalized spacial score (nSPS) is 11.5. The summed E-state index contributed by atoms with van der Waals surface area (Å²) in [5.74, 6) is -0.490. The Balaban J connectivity index is 2.12. The fraction of sp³-hybridized carbons (Fsp3) is 0.348. The number of para-hydroxylation sites is 1. The van der Waals surface area contributed by atoms with Crippen molar-refractivity contribution in [3.63, 3.8) is 0 Å². The summed E-state index contributed by atoms with van der Waals surface area (Å²) in [7, 11) is 3.36. The molecular formula is C23H29N3O4. The van der Waals surface area contributed by atoms with Gasteiger partial charge in [0.05, 0.1) is 12.2 Å². The topological polar surface area (TPSA) is 87.7 Å². The van der Waals surface area contributed by atoms with Crippen molar-refractivity contribution in [3.05, 3.63) is 59.7 Å². The summed E-state index contributed by atoms with van der Waals surface area (Å²) in [5, 5.41) is 5.61. The summed E-state index contributed by atoms with van der Waals surface area (Å²) in [5.41, 5.74) is 1.45. The largest absolute Gasteiger partial charge is 0.493 e. The van der Waals surface area contributed by atoms with Crippen LogP contribution in [0.4, 0.5) is 5.69 Å². The summed E-state index contributed by atoms with van der Waals surface area (Å²) >= 11 is 0. The highest BCUT2D eigenvalue weighted by atomic mass is 16.5. The van der Waals surface area contributed by atoms with Crippen molar-refractivity contribution < 1.29 is 19.1 Å². The quantitative estimate of drug-likeness (QED) is 0.698. The summed E-state index contributed by atoms with van der Waals surface area (Å²) in [4.78, 5) is 39.1. The van der Waals surface area contributed by atoms with Crippen molar-refractivity contribution in [3.8, 4) is 5.75 Å². The second kappa shape index (κ2) is 10.4. The van der Waals surface area contributed by atoms with Crippen LogP contribution in [0.2, 0.25) is 0 Å². The number of carbonyl (C=O) groups is 3. The van der Waals surface area contributed by atoms with E-state index in [9.17, 15) is 14.4 Å². The zero-order valence-electron chi connectivity index (χ0n) is 18.1. The number of nitrogens with one attached hydrogen (secondary N) is 2. The first-order valence-electron chi connectivity index (χ1n) is 9.89. The van der Waals surface area contributed by atoms with Crippen LogP contribution in [0.15, 0.2) is 48.5 Å². The lowest BCUT2D eigenvalue weighted by Gasteiger charge is -2.22. The maximum Gasteiger partial charge on any atom is 0.255 e. The van der Waals surface area contributed by atoms with E-state index in [0.29, 0.717) is 29.2 Å². The lowest BCUT2D eigenvalue weighted by Crippen LogP contribution is -2.47. The molecule has 0 fully saturated rings. The predicted octanol–water partition coefficient (Wildman–Crippen LogP) is 3.18. The molecule has 0 aliphatic rings. The van der Waals surface area contributed by atoms with Gasteiger partial charge in [-0.05, 0) is 49.2 Å². The molecule has 7 nitrogen and oxygen atoms in total. The minimum Gasteiger partial charge on any atom is -0.493 e. The van der Waals surface area contributed by atoms with E-state index < -0.39 is 6.04 Å². The Morgan fingerprint density at radius 3 is 2.20 bits per heavy atom. The zero-order valence-corrected chi connectivity index (χ0v) is 18.1. The molecule has 0 aliphatic heterocycles. The van der Waals surface area contributed by atoms with Gasteiger partial charge >= 0.3 is 0 Å². The lowest BCUT2D eigenvalue weighted by molar-refractivity contribution is -0.118. The maximum absolute atomic E-state index is 12.8. The number of carbonyl (C=O) groups excluding carboxylic acids is 3. The highest BCUT2D eigenvalue weighted by Crippen LogP contribution is 2.19. The summed E-state index contributed by atoms with van der Waals surface area (Å²) in [6, 6.07) is 12.8. The smallest absolute Gasteiger partial charge is 0.255 e. The molecular weight excluding hydrogens is 382 g/mol. The van der Waals surface area contributed by atoms with E-state index in [4.69, 9.17) is 4.74 Å². The third-order valence-electron chi connectivity index (χ3n) is 4.47. The summed E-state index contributed by atoms with van der Waals surface area (Å²) in [6.45, 7) is 6.00. The Bertz CT molecular complexity index is 892. The van der Waals surface area contributed by atoms with Crippen LogP contribution in [0, 0.1) is 5.92 Å². The average Bonchev–Trinajstić information content (AvgIpc) is 2.72. The van der Waals surface area contributed by atoms with Gasteiger partial charge in [-0.3, -0.25) is 14.4 Å². The second-order valence-electron chi connectivity index (χ2n) is 7.39. The molecule has 160 valence electrons. The van der Waals surface area contributed by atoms with Gasteiger partial charge in [-0.25, -0.2) is 0 Å². The number of rotatable bonds is 8. The van der Waals surface area contributed by atoms with Crippen LogP contribution in [0.1, 0.15) is 41.5 Å². The molecule has 0 radical (unpaired) electrons. The molecule has 2 aromatic rings. The molecule has 0 heterocycles. The Labute approximate surface area is 177 Å². The Kier molecular flexibility index (Phi) is 7.98. The van der Waals surface area contributed by atoms with Crippen LogP contribution in [0.3, 0.4) is 0 Å². The number of hydrogen-bond acceptors (Lipinski definition) is 4. The molecule has 3 amide bonds. The van der Waals surface area contributed by atoms with Crippen molar-refractivity contribution in [2.75, 3.05) is 26.0 Å². The first-order chi connectivity index (χ1) is 14.2. The van der Waals surface area contributed by atoms with E-state index >= 15 is 0 Å². The minimum atomic E-state index is -0.740. The van der Waals surface area contributed by atoms with Crippen LogP contribution in [0.5, 0.6) is 5.75 Å². The molecule has 0 unspecified atom stereocenters. The zero-order chi connectivity index (χ0) is 22.3. The number of benzene rings is 2. The second-order valence-corrected chi connectivity index (χ2v) is 7.39. The molecule has 0 aromatic heterocycles. The van der Waals surface area contributed by atoms with Gasteiger partial charge in [0, 0.05) is 25.3 Å². The first kappa shape index (κ1) is 22.9. The molecule has 0 aliphatic carbocycles. The number of nitrogens with zero attached hydrogens (tertiary/aromatic N) is 1. The standard InChI is InChI=1S/C23H29N3O4/c1-6-30-19-10-8-7-9-18(19)21(27)25-20(15(2)3)22(28)24-17-13-11-16(12-14-17)23(29)26(4)5/h7-15,20H,6H2,1-5H3,(H,24,28)(H,25,27)/t20-/m0/s1.